The lowest BCUT2D eigenvalue weighted by molar-refractivity contribution is -0.122. The molecule has 0 bridgehead atoms. The number of hydrogen-bond acceptors (Lipinski definition) is 3. The number of carbonyl (C=O) groups is 2. The first-order chi connectivity index (χ1) is 11.3. The van der Waals surface area contributed by atoms with E-state index in [2.05, 4.69) is 24.3 Å². The Hall–Kier alpha value is -2.63. The van der Waals surface area contributed by atoms with Gasteiger partial charge in [-0.05, 0) is 18.6 Å². The SMILES string of the molecule is Cc1cc(NC(=O)CN2C(=O)CC(C)(C)c3ccccc32)n(C)n1. The Morgan fingerprint density at radius 1 is 1.33 bits per heavy atom. The van der Waals surface area contributed by atoms with Crippen molar-refractivity contribution in [1.29, 1.82) is 0 Å². The number of aromatic nitrogens is 2. The second-order valence-electron chi connectivity index (χ2n) is 6.90. The number of para-hydroxylation sites is 1. The maximum absolute atomic E-state index is 12.6. The van der Waals surface area contributed by atoms with Crippen molar-refractivity contribution < 1.29 is 9.59 Å². The molecule has 0 atom stereocenters. The molecule has 0 saturated carbocycles. The number of amides is 2. The molecule has 1 aromatic heterocycles. The van der Waals surface area contributed by atoms with E-state index < -0.39 is 0 Å². The predicted molar refractivity (Wildman–Crippen MR) is 93.0 cm³/mol. The van der Waals surface area contributed by atoms with Gasteiger partial charge in [-0.2, -0.15) is 5.10 Å². The van der Waals surface area contributed by atoms with E-state index in [0.29, 0.717) is 12.2 Å². The number of benzene rings is 1. The zero-order valence-corrected chi connectivity index (χ0v) is 14.5. The molecule has 6 heteroatoms. The molecule has 0 radical (unpaired) electrons. The molecule has 0 aliphatic carbocycles. The molecule has 1 aliphatic heterocycles. The highest BCUT2D eigenvalue weighted by atomic mass is 16.2. The molecule has 24 heavy (non-hydrogen) atoms. The molecular formula is C18H22N4O2. The van der Waals surface area contributed by atoms with E-state index in [4.69, 9.17) is 0 Å². The Bertz CT molecular complexity index is 807. The summed E-state index contributed by atoms with van der Waals surface area (Å²) in [6, 6.07) is 9.58. The molecule has 6 nitrogen and oxygen atoms in total. The van der Waals surface area contributed by atoms with Crippen molar-refractivity contribution in [2.45, 2.75) is 32.6 Å². The first kappa shape index (κ1) is 16.2. The highest BCUT2D eigenvalue weighted by molar-refractivity contribution is 6.04. The standard InChI is InChI=1S/C18H22N4O2/c1-12-9-15(21(4)20-12)19-16(23)11-22-14-8-6-5-7-13(14)18(2,3)10-17(22)24/h5-9H,10-11H2,1-4H3,(H,19,23). The number of hydrogen-bond donors (Lipinski definition) is 1. The second kappa shape index (κ2) is 5.78. The van der Waals surface area contributed by atoms with Gasteiger partial charge in [0.25, 0.3) is 0 Å². The van der Waals surface area contributed by atoms with E-state index in [1.807, 2.05) is 31.2 Å². The number of fused-ring (bicyclic) bond motifs is 1. The minimum Gasteiger partial charge on any atom is -0.309 e. The molecule has 1 N–H and O–H groups in total. The van der Waals surface area contributed by atoms with Crippen molar-refractivity contribution in [2.24, 2.45) is 7.05 Å². The van der Waals surface area contributed by atoms with E-state index in [9.17, 15) is 9.59 Å². The van der Waals surface area contributed by atoms with E-state index in [0.717, 1.165) is 16.9 Å². The van der Waals surface area contributed by atoms with Gasteiger partial charge in [0, 0.05) is 30.6 Å². The van der Waals surface area contributed by atoms with Crippen molar-refractivity contribution in [2.75, 3.05) is 16.8 Å². The van der Waals surface area contributed by atoms with Crippen LogP contribution in [0.2, 0.25) is 0 Å². The predicted octanol–water partition coefficient (Wildman–Crippen LogP) is 2.38. The van der Waals surface area contributed by atoms with Crippen LogP contribution in [0.4, 0.5) is 11.5 Å². The van der Waals surface area contributed by atoms with Gasteiger partial charge in [-0.1, -0.05) is 32.0 Å². The minimum absolute atomic E-state index is 0.00382. The number of carbonyl (C=O) groups excluding carboxylic acids is 2. The lowest BCUT2D eigenvalue weighted by atomic mass is 9.77. The average Bonchev–Trinajstić information content (AvgIpc) is 2.81. The molecule has 126 valence electrons. The summed E-state index contributed by atoms with van der Waals surface area (Å²) in [5.74, 6) is 0.353. The van der Waals surface area contributed by atoms with Crippen LogP contribution in [0, 0.1) is 6.92 Å². The maximum Gasteiger partial charge on any atom is 0.245 e. The fraction of sp³-hybridized carbons (Fsp3) is 0.389. The van der Waals surface area contributed by atoms with Gasteiger partial charge in [-0.15, -0.1) is 0 Å². The zero-order chi connectivity index (χ0) is 17.5. The monoisotopic (exact) mass is 326 g/mol. The number of anilines is 2. The average molecular weight is 326 g/mol. The van der Waals surface area contributed by atoms with Gasteiger partial charge in [-0.3, -0.25) is 14.3 Å². The summed E-state index contributed by atoms with van der Waals surface area (Å²) < 4.78 is 1.61. The summed E-state index contributed by atoms with van der Waals surface area (Å²) in [7, 11) is 1.77. The molecule has 3 rings (SSSR count). The lowest BCUT2D eigenvalue weighted by Gasteiger charge is -2.38. The van der Waals surface area contributed by atoms with Gasteiger partial charge in [0.15, 0.2) is 0 Å². The third-order valence-corrected chi connectivity index (χ3v) is 4.39. The Labute approximate surface area is 141 Å². The first-order valence-electron chi connectivity index (χ1n) is 7.98. The summed E-state index contributed by atoms with van der Waals surface area (Å²) in [6.07, 6.45) is 0.391. The van der Waals surface area contributed by atoms with Crippen LogP contribution in [-0.4, -0.2) is 28.1 Å². The quantitative estimate of drug-likeness (QED) is 0.941. The lowest BCUT2D eigenvalue weighted by Crippen LogP contribution is -2.45. The van der Waals surface area contributed by atoms with E-state index in [-0.39, 0.29) is 23.8 Å². The first-order valence-corrected chi connectivity index (χ1v) is 7.98. The summed E-state index contributed by atoms with van der Waals surface area (Å²) in [5.41, 5.74) is 2.51. The van der Waals surface area contributed by atoms with Crippen LogP contribution >= 0.6 is 0 Å². The third kappa shape index (κ3) is 2.91. The zero-order valence-electron chi connectivity index (χ0n) is 14.5. The Balaban J connectivity index is 1.83. The van der Waals surface area contributed by atoms with E-state index >= 15 is 0 Å². The summed E-state index contributed by atoms with van der Waals surface area (Å²) in [4.78, 5) is 26.5. The fourth-order valence-electron chi connectivity index (χ4n) is 3.21. The second-order valence-corrected chi connectivity index (χ2v) is 6.90. The van der Waals surface area contributed by atoms with Crippen LogP contribution in [0.5, 0.6) is 0 Å². The Morgan fingerprint density at radius 3 is 2.71 bits per heavy atom. The van der Waals surface area contributed by atoms with Crippen LogP contribution in [-0.2, 0) is 22.1 Å². The van der Waals surface area contributed by atoms with Crippen LogP contribution in [0.1, 0.15) is 31.5 Å². The van der Waals surface area contributed by atoms with Crippen molar-refractivity contribution in [1.82, 2.24) is 9.78 Å². The fourth-order valence-corrected chi connectivity index (χ4v) is 3.21. The van der Waals surface area contributed by atoms with Crippen molar-refractivity contribution >= 4 is 23.3 Å². The molecule has 0 fully saturated rings. The number of aryl methyl sites for hydroxylation is 2. The Kier molecular flexibility index (Phi) is 3.91. The van der Waals surface area contributed by atoms with Gasteiger partial charge in [0.2, 0.25) is 11.8 Å². The topological polar surface area (TPSA) is 67.2 Å². The number of nitrogens with zero attached hydrogens (tertiary/aromatic N) is 3. The number of rotatable bonds is 3. The summed E-state index contributed by atoms with van der Waals surface area (Å²) in [6.45, 7) is 5.97. The largest absolute Gasteiger partial charge is 0.309 e. The molecule has 2 heterocycles. The third-order valence-electron chi connectivity index (χ3n) is 4.39. The van der Waals surface area contributed by atoms with Gasteiger partial charge in [-0.25, -0.2) is 0 Å². The van der Waals surface area contributed by atoms with Crippen molar-refractivity contribution in [3.8, 4) is 0 Å². The van der Waals surface area contributed by atoms with Crippen LogP contribution < -0.4 is 10.2 Å². The summed E-state index contributed by atoms with van der Waals surface area (Å²) in [5, 5.41) is 7.02. The molecule has 0 spiro atoms. The van der Waals surface area contributed by atoms with E-state index in [1.54, 1.807) is 22.7 Å². The van der Waals surface area contributed by atoms with Gasteiger partial charge >= 0.3 is 0 Å². The normalized spacial score (nSPS) is 16.0. The molecule has 2 aromatic rings. The maximum atomic E-state index is 12.6. The molecule has 0 unspecified atom stereocenters. The van der Waals surface area contributed by atoms with Crippen LogP contribution in [0.15, 0.2) is 30.3 Å². The van der Waals surface area contributed by atoms with Crippen molar-refractivity contribution in [3.63, 3.8) is 0 Å². The van der Waals surface area contributed by atoms with Crippen LogP contribution in [0.25, 0.3) is 0 Å². The molecule has 1 aliphatic rings. The van der Waals surface area contributed by atoms with E-state index in [1.165, 1.54) is 0 Å². The highest BCUT2D eigenvalue weighted by Crippen LogP contribution is 2.39. The molecule has 0 saturated heterocycles. The minimum atomic E-state index is -0.235. The molecular weight excluding hydrogens is 304 g/mol. The van der Waals surface area contributed by atoms with Gasteiger partial charge < -0.3 is 10.2 Å². The smallest absolute Gasteiger partial charge is 0.245 e. The van der Waals surface area contributed by atoms with Crippen molar-refractivity contribution in [3.05, 3.63) is 41.6 Å². The summed E-state index contributed by atoms with van der Waals surface area (Å²) >= 11 is 0. The van der Waals surface area contributed by atoms with Crippen LogP contribution in [0.3, 0.4) is 0 Å². The van der Waals surface area contributed by atoms with Gasteiger partial charge in [0.1, 0.15) is 12.4 Å². The Morgan fingerprint density at radius 2 is 2.04 bits per heavy atom. The molecule has 2 amide bonds. The number of nitrogens with one attached hydrogen (secondary N) is 1. The molecule has 1 aromatic carbocycles. The highest BCUT2D eigenvalue weighted by Gasteiger charge is 2.37. The van der Waals surface area contributed by atoms with Gasteiger partial charge in [0.05, 0.1) is 5.69 Å².